The molecule has 0 saturated carbocycles. The average molecular weight is 214 g/mol. The minimum Gasteiger partial charge on any atom is -0.483 e. The normalized spacial score (nSPS) is 21.3. The number of nitrogens with zero attached hydrogens (tertiary/aromatic N) is 1. The summed E-state index contributed by atoms with van der Waals surface area (Å²) < 4.78 is 31.6. The number of rotatable bonds is 2. The van der Waals surface area contributed by atoms with Crippen LogP contribution in [0.15, 0.2) is 12.4 Å². The molecule has 3 nitrogen and oxygen atoms in total. The average Bonchev–Trinajstić information content (AvgIpc) is 2.25. The summed E-state index contributed by atoms with van der Waals surface area (Å²) in [6.07, 6.45) is 3.52. The SMILES string of the molecule is Fc1cncc(F)c1OC1CCCNC1. The molecule has 1 fully saturated rings. The van der Waals surface area contributed by atoms with Gasteiger partial charge in [0.25, 0.3) is 0 Å². The Morgan fingerprint density at radius 2 is 2.07 bits per heavy atom. The zero-order valence-electron chi connectivity index (χ0n) is 8.17. The molecule has 0 aliphatic carbocycles. The second-order valence-electron chi connectivity index (χ2n) is 3.52. The summed E-state index contributed by atoms with van der Waals surface area (Å²) in [6.45, 7) is 1.56. The van der Waals surface area contributed by atoms with Crippen LogP contribution in [0.4, 0.5) is 8.78 Å². The lowest BCUT2D eigenvalue weighted by atomic mass is 10.1. The summed E-state index contributed by atoms with van der Waals surface area (Å²) in [5, 5.41) is 3.11. The van der Waals surface area contributed by atoms with Crippen molar-refractivity contribution in [2.75, 3.05) is 13.1 Å². The van der Waals surface area contributed by atoms with Gasteiger partial charge in [-0.3, -0.25) is 4.98 Å². The smallest absolute Gasteiger partial charge is 0.194 e. The highest BCUT2D eigenvalue weighted by Crippen LogP contribution is 2.22. The fourth-order valence-corrected chi connectivity index (χ4v) is 1.60. The van der Waals surface area contributed by atoms with Crippen LogP contribution in [0.2, 0.25) is 0 Å². The molecule has 15 heavy (non-hydrogen) atoms. The Hall–Kier alpha value is -1.23. The molecule has 0 bridgehead atoms. The third-order valence-electron chi connectivity index (χ3n) is 2.35. The number of piperidine rings is 1. The second kappa shape index (κ2) is 4.53. The van der Waals surface area contributed by atoms with E-state index in [9.17, 15) is 8.78 Å². The van der Waals surface area contributed by atoms with E-state index in [1.807, 2.05) is 0 Å². The van der Waals surface area contributed by atoms with Crippen LogP contribution in [-0.4, -0.2) is 24.2 Å². The molecule has 1 N–H and O–H groups in total. The van der Waals surface area contributed by atoms with E-state index < -0.39 is 11.6 Å². The van der Waals surface area contributed by atoms with Crippen molar-refractivity contribution in [1.29, 1.82) is 0 Å². The van der Waals surface area contributed by atoms with Crippen molar-refractivity contribution in [3.63, 3.8) is 0 Å². The van der Waals surface area contributed by atoms with Gasteiger partial charge < -0.3 is 10.1 Å². The van der Waals surface area contributed by atoms with Gasteiger partial charge in [-0.2, -0.15) is 0 Å². The summed E-state index contributed by atoms with van der Waals surface area (Å²) in [5.41, 5.74) is 0. The molecule has 2 rings (SSSR count). The fraction of sp³-hybridized carbons (Fsp3) is 0.500. The lowest BCUT2D eigenvalue weighted by molar-refractivity contribution is 0.153. The highest BCUT2D eigenvalue weighted by molar-refractivity contribution is 5.22. The molecule has 1 atom stereocenters. The maximum Gasteiger partial charge on any atom is 0.194 e. The third kappa shape index (κ3) is 2.41. The van der Waals surface area contributed by atoms with Crippen molar-refractivity contribution in [2.45, 2.75) is 18.9 Å². The van der Waals surface area contributed by atoms with E-state index in [1.165, 1.54) is 0 Å². The van der Waals surface area contributed by atoms with Gasteiger partial charge in [-0.1, -0.05) is 0 Å². The van der Waals surface area contributed by atoms with Crippen molar-refractivity contribution in [2.24, 2.45) is 0 Å². The summed E-state index contributed by atoms with van der Waals surface area (Å²) >= 11 is 0. The standard InChI is InChI=1S/C10H12F2N2O/c11-8-5-14-6-9(12)10(8)15-7-2-1-3-13-4-7/h5-7,13H,1-4H2. The Morgan fingerprint density at radius 1 is 1.33 bits per heavy atom. The van der Waals surface area contributed by atoms with Gasteiger partial charge in [0, 0.05) is 6.54 Å². The topological polar surface area (TPSA) is 34.1 Å². The molecule has 1 aliphatic rings. The minimum absolute atomic E-state index is 0.162. The molecular formula is C10H12F2N2O. The number of aromatic nitrogens is 1. The van der Waals surface area contributed by atoms with Crippen LogP contribution in [0.5, 0.6) is 5.75 Å². The molecular weight excluding hydrogens is 202 g/mol. The lowest BCUT2D eigenvalue weighted by Crippen LogP contribution is -2.37. The van der Waals surface area contributed by atoms with E-state index >= 15 is 0 Å². The third-order valence-corrected chi connectivity index (χ3v) is 2.35. The Bertz CT molecular complexity index is 320. The van der Waals surface area contributed by atoms with Gasteiger partial charge in [-0.05, 0) is 19.4 Å². The van der Waals surface area contributed by atoms with Crippen molar-refractivity contribution in [3.05, 3.63) is 24.0 Å². The number of hydrogen-bond acceptors (Lipinski definition) is 3. The first-order valence-electron chi connectivity index (χ1n) is 4.94. The van der Waals surface area contributed by atoms with Gasteiger partial charge in [0.15, 0.2) is 17.4 Å². The molecule has 1 aliphatic heterocycles. The largest absolute Gasteiger partial charge is 0.483 e. The second-order valence-corrected chi connectivity index (χ2v) is 3.52. The fourth-order valence-electron chi connectivity index (χ4n) is 1.60. The first-order chi connectivity index (χ1) is 7.27. The lowest BCUT2D eigenvalue weighted by Gasteiger charge is -2.24. The first-order valence-corrected chi connectivity index (χ1v) is 4.94. The predicted molar refractivity (Wildman–Crippen MR) is 50.7 cm³/mol. The summed E-state index contributed by atoms with van der Waals surface area (Å²) in [4.78, 5) is 3.39. The van der Waals surface area contributed by atoms with E-state index in [0.717, 1.165) is 31.8 Å². The van der Waals surface area contributed by atoms with Crippen molar-refractivity contribution < 1.29 is 13.5 Å². The highest BCUT2D eigenvalue weighted by atomic mass is 19.1. The number of ether oxygens (including phenoxy) is 1. The number of halogens is 2. The van der Waals surface area contributed by atoms with Crippen molar-refractivity contribution >= 4 is 0 Å². The number of pyridine rings is 1. The van der Waals surface area contributed by atoms with Crippen LogP contribution in [0, 0.1) is 11.6 Å². The zero-order valence-corrected chi connectivity index (χ0v) is 8.17. The Labute approximate surface area is 86.5 Å². The van der Waals surface area contributed by atoms with Crippen LogP contribution in [0.1, 0.15) is 12.8 Å². The van der Waals surface area contributed by atoms with Crippen LogP contribution in [0.25, 0.3) is 0 Å². The van der Waals surface area contributed by atoms with Gasteiger partial charge in [-0.15, -0.1) is 0 Å². The van der Waals surface area contributed by atoms with Crippen molar-refractivity contribution in [3.8, 4) is 5.75 Å². The van der Waals surface area contributed by atoms with Gasteiger partial charge >= 0.3 is 0 Å². The molecule has 0 spiro atoms. The summed E-state index contributed by atoms with van der Waals surface area (Å²) in [6, 6.07) is 0. The van der Waals surface area contributed by atoms with Crippen molar-refractivity contribution in [1.82, 2.24) is 10.3 Å². The molecule has 2 heterocycles. The maximum absolute atomic E-state index is 13.2. The summed E-state index contributed by atoms with van der Waals surface area (Å²) in [7, 11) is 0. The van der Waals surface area contributed by atoms with Gasteiger partial charge in [-0.25, -0.2) is 8.78 Å². The first kappa shape index (κ1) is 10.3. The molecule has 82 valence electrons. The molecule has 5 heteroatoms. The minimum atomic E-state index is -0.749. The van der Waals surface area contributed by atoms with E-state index in [-0.39, 0.29) is 11.9 Å². The maximum atomic E-state index is 13.2. The van der Waals surface area contributed by atoms with Gasteiger partial charge in [0.05, 0.1) is 12.4 Å². The molecule has 0 amide bonds. The Balaban J connectivity index is 2.09. The summed E-state index contributed by atoms with van der Waals surface area (Å²) in [5.74, 6) is -1.82. The molecule has 0 radical (unpaired) electrons. The van der Waals surface area contributed by atoms with E-state index in [1.54, 1.807) is 0 Å². The highest BCUT2D eigenvalue weighted by Gasteiger charge is 2.19. The molecule has 1 aromatic heterocycles. The molecule has 1 aromatic rings. The van der Waals surface area contributed by atoms with E-state index in [0.29, 0.717) is 6.54 Å². The van der Waals surface area contributed by atoms with Gasteiger partial charge in [0.1, 0.15) is 6.10 Å². The zero-order chi connectivity index (χ0) is 10.7. The predicted octanol–water partition coefficient (Wildman–Crippen LogP) is 1.49. The Kier molecular flexibility index (Phi) is 3.11. The van der Waals surface area contributed by atoms with Crippen LogP contribution < -0.4 is 10.1 Å². The quantitative estimate of drug-likeness (QED) is 0.809. The monoisotopic (exact) mass is 214 g/mol. The number of nitrogens with one attached hydrogen (secondary N) is 1. The van der Waals surface area contributed by atoms with E-state index in [4.69, 9.17) is 4.74 Å². The van der Waals surface area contributed by atoms with Crippen LogP contribution in [-0.2, 0) is 0 Å². The van der Waals surface area contributed by atoms with E-state index in [2.05, 4.69) is 10.3 Å². The molecule has 0 aromatic carbocycles. The van der Waals surface area contributed by atoms with Crippen LogP contribution >= 0.6 is 0 Å². The van der Waals surface area contributed by atoms with Crippen LogP contribution in [0.3, 0.4) is 0 Å². The molecule has 1 saturated heterocycles. The van der Waals surface area contributed by atoms with Gasteiger partial charge in [0.2, 0.25) is 0 Å². The Morgan fingerprint density at radius 3 is 2.67 bits per heavy atom. The number of hydrogen-bond donors (Lipinski definition) is 1. The molecule has 1 unspecified atom stereocenters.